The van der Waals surface area contributed by atoms with E-state index < -0.39 is 12.8 Å². The lowest BCUT2D eigenvalue weighted by Gasteiger charge is -2.52. The van der Waals surface area contributed by atoms with Crippen molar-refractivity contribution in [3.8, 4) is 0 Å². The molecule has 1 aliphatic heterocycles. The second kappa shape index (κ2) is 6.28. The first-order valence-corrected chi connectivity index (χ1v) is 6.69. The third-order valence-corrected chi connectivity index (χ3v) is 3.74. The Labute approximate surface area is 115 Å². The average Bonchev–Trinajstić information content (AvgIpc) is 2.39. The summed E-state index contributed by atoms with van der Waals surface area (Å²) >= 11 is 0. The summed E-state index contributed by atoms with van der Waals surface area (Å²) in [7, 11) is 0. The fourth-order valence-corrected chi connectivity index (χ4v) is 2.74. The molecule has 20 heavy (non-hydrogen) atoms. The van der Waals surface area contributed by atoms with Crippen LogP contribution >= 0.6 is 0 Å². The molecule has 8 heteroatoms. The summed E-state index contributed by atoms with van der Waals surface area (Å²) in [5.74, 6) is -0.0872. The number of nitrogens with one attached hydrogen (secondary N) is 1. The van der Waals surface area contributed by atoms with Gasteiger partial charge < -0.3 is 20.5 Å². The number of carbonyl (C=O) groups is 1. The quantitative estimate of drug-likeness (QED) is 0.728. The molecule has 0 aromatic heterocycles. The molecule has 0 bridgehead atoms. The second-order valence-corrected chi connectivity index (χ2v) is 5.23. The molecule has 0 spiro atoms. The van der Waals surface area contributed by atoms with E-state index in [4.69, 9.17) is 10.5 Å². The summed E-state index contributed by atoms with van der Waals surface area (Å²) in [4.78, 5) is 11.6. The zero-order chi connectivity index (χ0) is 14.8. The molecule has 4 atom stereocenters. The fraction of sp³-hybridized carbons (Fsp3) is 0.917. The maximum absolute atomic E-state index is 11.8. The third-order valence-electron chi connectivity index (χ3n) is 3.74. The molecule has 116 valence electrons. The SMILES string of the molecule is NC1C2CCCOC2C1NC(=O)CCOCC(F)(F)F. The van der Waals surface area contributed by atoms with Crippen molar-refractivity contribution in [3.63, 3.8) is 0 Å². The van der Waals surface area contributed by atoms with Gasteiger partial charge in [-0.15, -0.1) is 0 Å². The van der Waals surface area contributed by atoms with E-state index in [1.807, 2.05) is 0 Å². The van der Waals surface area contributed by atoms with Crippen molar-refractivity contribution >= 4 is 5.91 Å². The van der Waals surface area contributed by atoms with E-state index in [9.17, 15) is 18.0 Å². The predicted octanol–water partition coefficient (Wildman–Crippen LogP) is 0.576. The van der Waals surface area contributed by atoms with Gasteiger partial charge in [0.1, 0.15) is 6.61 Å². The van der Waals surface area contributed by atoms with E-state index in [1.54, 1.807) is 0 Å². The molecule has 1 saturated heterocycles. The monoisotopic (exact) mass is 296 g/mol. The highest BCUT2D eigenvalue weighted by molar-refractivity contribution is 5.76. The van der Waals surface area contributed by atoms with Crippen LogP contribution in [0.3, 0.4) is 0 Å². The molecule has 0 aromatic rings. The molecule has 1 heterocycles. The molecule has 2 fully saturated rings. The largest absolute Gasteiger partial charge is 0.411 e. The van der Waals surface area contributed by atoms with Crippen LogP contribution in [0, 0.1) is 5.92 Å². The van der Waals surface area contributed by atoms with Gasteiger partial charge in [-0.3, -0.25) is 4.79 Å². The zero-order valence-corrected chi connectivity index (χ0v) is 11.0. The molecule has 1 saturated carbocycles. The zero-order valence-electron chi connectivity index (χ0n) is 11.0. The second-order valence-electron chi connectivity index (χ2n) is 5.23. The van der Waals surface area contributed by atoms with Gasteiger partial charge in [-0.2, -0.15) is 13.2 Å². The molecule has 0 aromatic carbocycles. The number of halogens is 3. The lowest BCUT2D eigenvalue weighted by molar-refractivity contribution is -0.175. The van der Waals surface area contributed by atoms with Crippen molar-refractivity contribution < 1.29 is 27.4 Å². The van der Waals surface area contributed by atoms with Gasteiger partial charge in [-0.05, 0) is 12.8 Å². The Kier molecular flexibility index (Phi) is 4.87. The number of amides is 1. The number of fused-ring (bicyclic) bond motifs is 1. The van der Waals surface area contributed by atoms with Gasteiger partial charge in [0, 0.05) is 25.0 Å². The summed E-state index contributed by atoms with van der Waals surface area (Å²) in [5.41, 5.74) is 5.96. The first kappa shape index (κ1) is 15.5. The van der Waals surface area contributed by atoms with E-state index in [2.05, 4.69) is 10.1 Å². The normalized spacial score (nSPS) is 33.2. The predicted molar refractivity (Wildman–Crippen MR) is 63.9 cm³/mol. The van der Waals surface area contributed by atoms with Crippen molar-refractivity contribution in [3.05, 3.63) is 0 Å². The minimum absolute atomic E-state index is 0.0567. The van der Waals surface area contributed by atoms with Crippen LogP contribution in [0.25, 0.3) is 0 Å². The topological polar surface area (TPSA) is 73.6 Å². The molecule has 2 rings (SSSR count). The van der Waals surface area contributed by atoms with Gasteiger partial charge in [-0.1, -0.05) is 0 Å². The average molecular weight is 296 g/mol. The Bertz CT molecular complexity index is 351. The van der Waals surface area contributed by atoms with Crippen LogP contribution < -0.4 is 11.1 Å². The summed E-state index contributed by atoms with van der Waals surface area (Å²) < 4.78 is 45.4. The molecule has 1 amide bonds. The molecule has 2 aliphatic rings. The molecular formula is C12H19F3N2O3. The van der Waals surface area contributed by atoms with Crippen LogP contribution in [0.15, 0.2) is 0 Å². The molecule has 3 N–H and O–H groups in total. The van der Waals surface area contributed by atoms with Crippen LogP contribution in [-0.2, 0) is 14.3 Å². The Hall–Kier alpha value is -0.860. The highest BCUT2D eigenvalue weighted by Crippen LogP contribution is 2.36. The Morgan fingerprint density at radius 2 is 2.20 bits per heavy atom. The van der Waals surface area contributed by atoms with Gasteiger partial charge in [0.15, 0.2) is 0 Å². The molecular weight excluding hydrogens is 277 g/mol. The lowest BCUT2D eigenvalue weighted by Crippen LogP contribution is -2.72. The number of hydrogen-bond donors (Lipinski definition) is 2. The van der Waals surface area contributed by atoms with Gasteiger partial charge in [0.2, 0.25) is 5.91 Å². The van der Waals surface area contributed by atoms with Crippen molar-refractivity contribution in [2.24, 2.45) is 11.7 Å². The van der Waals surface area contributed by atoms with Crippen LogP contribution in [0.1, 0.15) is 19.3 Å². The first-order valence-electron chi connectivity index (χ1n) is 6.69. The van der Waals surface area contributed by atoms with Crippen molar-refractivity contribution in [1.82, 2.24) is 5.32 Å². The third kappa shape index (κ3) is 3.83. The van der Waals surface area contributed by atoms with E-state index in [1.165, 1.54) is 0 Å². The van der Waals surface area contributed by atoms with Gasteiger partial charge in [0.05, 0.1) is 18.8 Å². The maximum atomic E-state index is 11.8. The van der Waals surface area contributed by atoms with Crippen molar-refractivity contribution in [2.75, 3.05) is 19.8 Å². The van der Waals surface area contributed by atoms with Crippen molar-refractivity contribution in [1.29, 1.82) is 0 Å². The highest BCUT2D eigenvalue weighted by Gasteiger charge is 2.50. The number of alkyl halides is 3. The summed E-state index contributed by atoms with van der Waals surface area (Å²) in [5, 5.41) is 2.71. The molecule has 5 nitrogen and oxygen atoms in total. The standard InChI is InChI=1S/C12H19F3N2O3/c13-12(14,15)6-19-5-3-8(18)17-10-9(16)7-2-1-4-20-11(7)10/h7,9-11H,1-6,16H2,(H,17,18). The number of rotatable bonds is 5. The van der Waals surface area contributed by atoms with E-state index in [-0.39, 0.29) is 43.0 Å². The van der Waals surface area contributed by atoms with Crippen LogP contribution in [0.2, 0.25) is 0 Å². The molecule has 1 aliphatic carbocycles. The Morgan fingerprint density at radius 1 is 1.45 bits per heavy atom. The van der Waals surface area contributed by atoms with Crippen LogP contribution in [0.5, 0.6) is 0 Å². The minimum atomic E-state index is -4.37. The maximum Gasteiger partial charge on any atom is 0.411 e. The smallest absolute Gasteiger partial charge is 0.376 e. The molecule has 0 radical (unpaired) electrons. The van der Waals surface area contributed by atoms with Crippen LogP contribution in [0.4, 0.5) is 13.2 Å². The number of carbonyl (C=O) groups excluding carboxylic acids is 1. The number of hydrogen-bond acceptors (Lipinski definition) is 4. The van der Waals surface area contributed by atoms with Gasteiger partial charge in [0.25, 0.3) is 0 Å². The summed E-state index contributed by atoms with van der Waals surface area (Å²) in [6.45, 7) is -0.936. The lowest BCUT2D eigenvalue weighted by atomic mass is 9.68. The minimum Gasteiger partial charge on any atom is -0.376 e. The van der Waals surface area contributed by atoms with Gasteiger partial charge >= 0.3 is 6.18 Å². The van der Waals surface area contributed by atoms with Crippen molar-refractivity contribution in [2.45, 2.75) is 43.6 Å². The Morgan fingerprint density at radius 3 is 2.90 bits per heavy atom. The molecule has 4 unspecified atom stereocenters. The highest BCUT2D eigenvalue weighted by atomic mass is 19.4. The fourth-order valence-electron chi connectivity index (χ4n) is 2.74. The first-order chi connectivity index (χ1) is 9.38. The number of nitrogens with two attached hydrogens (primary N) is 1. The van der Waals surface area contributed by atoms with Crippen LogP contribution in [-0.4, -0.2) is 50.1 Å². The van der Waals surface area contributed by atoms with E-state index >= 15 is 0 Å². The number of ether oxygens (including phenoxy) is 2. The Balaban J connectivity index is 1.65. The summed E-state index contributed by atoms with van der Waals surface area (Å²) in [6, 6.07) is -0.379. The summed E-state index contributed by atoms with van der Waals surface area (Å²) in [6.07, 6.45) is -2.57. The van der Waals surface area contributed by atoms with E-state index in [0.717, 1.165) is 12.8 Å². The van der Waals surface area contributed by atoms with E-state index in [0.29, 0.717) is 6.61 Å². The van der Waals surface area contributed by atoms with Gasteiger partial charge in [-0.25, -0.2) is 0 Å².